The lowest BCUT2D eigenvalue weighted by atomic mass is 9.53. The van der Waals surface area contributed by atoms with Crippen LogP contribution in [0.4, 0.5) is 0 Å². The van der Waals surface area contributed by atoms with Crippen molar-refractivity contribution in [2.45, 2.75) is 129 Å². The molecule has 0 N–H and O–H groups in total. The fourth-order valence-corrected chi connectivity index (χ4v) is 9.37. The predicted molar refractivity (Wildman–Crippen MR) is 176 cm³/mol. The van der Waals surface area contributed by atoms with E-state index in [1.807, 2.05) is 0 Å². The Kier molecular flexibility index (Phi) is 8.57. The highest BCUT2D eigenvalue weighted by atomic mass is 14.5. The van der Waals surface area contributed by atoms with E-state index < -0.39 is 0 Å². The Morgan fingerprint density at radius 3 is 1.55 bits per heavy atom. The van der Waals surface area contributed by atoms with E-state index in [4.69, 9.17) is 0 Å². The Morgan fingerprint density at radius 2 is 1.02 bits per heavy atom. The molecule has 2 atom stereocenters. The van der Waals surface area contributed by atoms with Crippen LogP contribution in [-0.4, -0.2) is 0 Å². The van der Waals surface area contributed by atoms with Gasteiger partial charge < -0.3 is 0 Å². The smallest absolute Gasteiger partial charge is 0.00276 e. The van der Waals surface area contributed by atoms with Crippen LogP contribution in [0.25, 0.3) is 12.2 Å². The fourth-order valence-electron chi connectivity index (χ4n) is 9.37. The Morgan fingerprint density at radius 1 is 0.575 bits per heavy atom. The molecule has 0 fully saturated rings. The second-order valence-electron chi connectivity index (χ2n) is 15.6. The quantitative estimate of drug-likeness (QED) is 0.268. The Labute approximate surface area is 246 Å². The summed E-state index contributed by atoms with van der Waals surface area (Å²) >= 11 is 0. The first-order valence-electron chi connectivity index (χ1n) is 16.7. The van der Waals surface area contributed by atoms with Crippen molar-refractivity contribution >= 4 is 12.2 Å². The van der Waals surface area contributed by atoms with E-state index in [9.17, 15) is 0 Å². The molecular formula is C40H56. The van der Waals surface area contributed by atoms with E-state index in [0.717, 1.165) is 0 Å². The summed E-state index contributed by atoms with van der Waals surface area (Å²) in [7, 11) is 0. The molecule has 0 amide bonds. The lowest BCUT2D eigenvalue weighted by Crippen LogP contribution is -2.43. The van der Waals surface area contributed by atoms with Gasteiger partial charge in [-0.2, -0.15) is 0 Å². The molecule has 0 bridgehead atoms. The number of hydrogen-bond donors (Lipinski definition) is 0. The average Bonchev–Trinajstić information content (AvgIpc) is 3.46. The van der Waals surface area contributed by atoms with Crippen molar-refractivity contribution in [3.8, 4) is 0 Å². The predicted octanol–water partition coefficient (Wildman–Crippen LogP) is 11.8. The molecule has 0 spiro atoms. The van der Waals surface area contributed by atoms with Gasteiger partial charge in [0.1, 0.15) is 0 Å². The summed E-state index contributed by atoms with van der Waals surface area (Å²) in [5, 5.41) is 0. The molecular weight excluding hydrogens is 480 g/mol. The van der Waals surface area contributed by atoms with E-state index in [1.54, 1.807) is 16.7 Å². The Balaban J connectivity index is 1.55. The zero-order valence-corrected chi connectivity index (χ0v) is 26.9. The van der Waals surface area contributed by atoms with Gasteiger partial charge in [-0.3, -0.25) is 0 Å². The summed E-state index contributed by atoms with van der Waals surface area (Å²) in [6.07, 6.45) is 20.2. The van der Waals surface area contributed by atoms with Crippen molar-refractivity contribution in [3.63, 3.8) is 0 Å². The lowest BCUT2D eigenvalue weighted by Gasteiger charge is -2.51. The van der Waals surface area contributed by atoms with Gasteiger partial charge in [-0.15, -0.1) is 0 Å². The van der Waals surface area contributed by atoms with E-state index in [1.165, 1.54) is 68.1 Å². The topological polar surface area (TPSA) is 0 Å². The summed E-state index contributed by atoms with van der Waals surface area (Å²) in [6.45, 7) is 19.6. The summed E-state index contributed by atoms with van der Waals surface area (Å²) in [5.74, 6) is 3.97. The monoisotopic (exact) mass is 536 g/mol. The third-order valence-corrected chi connectivity index (χ3v) is 10.2. The maximum atomic E-state index is 2.77. The van der Waals surface area contributed by atoms with Crippen LogP contribution in [0.15, 0.2) is 48.6 Å². The highest BCUT2D eigenvalue weighted by molar-refractivity contribution is 5.67. The highest BCUT2D eigenvalue weighted by Crippen LogP contribution is 2.57. The number of benzene rings is 2. The molecule has 0 heteroatoms. The molecule has 0 radical (unpaired) electrons. The molecule has 0 heterocycles. The minimum absolute atomic E-state index is 0.310. The summed E-state index contributed by atoms with van der Waals surface area (Å²) in [5.41, 5.74) is 10.2. The van der Waals surface area contributed by atoms with Gasteiger partial charge in [0.25, 0.3) is 0 Å². The van der Waals surface area contributed by atoms with Crippen LogP contribution >= 0.6 is 0 Å². The molecule has 0 saturated heterocycles. The Hall–Kier alpha value is -2.08. The number of allylic oxidation sites excluding steroid dienone is 2. The molecule has 40 heavy (non-hydrogen) atoms. The van der Waals surface area contributed by atoms with Crippen molar-refractivity contribution in [2.75, 3.05) is 0 Å². The van der Waals surface area contributed by atoms with Gasteiger partial charge in [-0.25, -0.2) is 0 Å². The number of rotatable bonds is 11. The van der Waals surface area contributed by atoms with Crippen LogP contribution in [0.1, 0.15) is 152 Å². The van der Waals surface area contributed by atoms with Gasteiger partial charge >= 0.3 is 0 Å². The van der Waals surface area contributed by atoms with Gasteiger partial charge in [0.15, 0.2) is 0 Å². The molecule has 0 nitrogen and oxygen atoms in total. The van der Waals surface area contributed by atoms with E-state index in [2.05, 4.69) is 116 Å². The lowest BCUT2D eigenvalue weighted by molar-refractivity contribution is 0.167. The molecule has 5 rings (SSSR count). The molecule has 3 aliphatic rings. The minimum Gasteiger partial charge on any atom is -0.0764 e. The van der Waals surface area contributed by atoms with Crippen molar-refractivity contribution in [1.82, 2.24) is 0 Å². The molecule has 3 aliphatic carbocycles. The first kappa shape index (κ1) is 29.4. The first-order chi connectivity index (χ1) is 19.0. The van der Waals surface area contributed by atoms with Crippen LogP contribution in [0.5, 0.6) is 0 Å². The molecule has 2 aromatic carbocycles. The van der Waals surface area contributed by atoms with Crippen LogP contribution < -0.4 is 0 Å². The largest absolute Gasteiger partial charge is 0.0764 e. The van der Waals surface area contributed by atoms with Crippen molar-refractivity contribution < 1.29 is 0 Å². The van der Waals surface area contributed by atoms with E-state index >= 15 is 0 Å². The minimum atomic E-state index is 0.310. The zero-order valence-electron chi connectivity index (χ0n) is 26.9. The van der Waals surface area contributed by atoms with Crippen molar-refractivity contribution in [2.24, 2.45) is 23.7 Å². The van der Waals surface area contributed by atoms with Crippen LogP contribution in [-0.2, 0) is 10.8 Å². The molecule has 0 saturated carbocycles. The Bertz CT molecular complexity index is 1210. The van der Waals surface area contributed by atoms with E-state index in [-0.39, 0.29) is 0 Å². The van der Waals surface area contributed by atoms with Crippen LogP contribution in [0.2, 0.25) is 0 Å². The zero-order chi connectivity index (χ0) is 28.7. The molecule has 2 unspecified atom stereocenters. The van der Waals surface area contributed by atoms with Gasteiger partial charge in [0.2, 0.25) is 0 Å². The second kappa shape index (κ2) is 11.7. The van der Waals surface area contributed by atoms with Crippen LogP contribution in [0.3, 0.4) is 0 Å². The molecule has 0 aliphatic heterocycles. The van der Waals surface area contributed by atoms with Gasteiger partial charge in [-0.05, 0) is 119 Å². The van der Waals surface area contributed by atoms with Gasteiger partial charge in [-0.1, -0.05) is 116 Å². The average molecular weight is 537 g/mol. The third kappa shape index (κ3) is 5.80. The van der Waals surface area contributed by atoms with Gasteiger partial charge in [0, 0.05) is 11.8 Å². The molecule has 2 aromatic rings. The summed E-state index contributed by atoms with van der Waals surface area (Å²) < 4.78 is 0. The molecule has 216 valence electrons. The fraction of sp³-hybridized carbons (Fsp3) is 0.600. The van der Waals surface area contributed by atoms with Gasteiger partial charge in [0.05, 0.1) is 0 Å². The van der Waals surface area contributed by atoms with Crippen molar-refractivity contribution in [3.05, 3.63) is 81.9 Å². The number of fused-ring (bicyclic) bond motifs is 3. The van der Waals surface area contributed by atoms with E-state index in [0.29, 0.717) is 46.3 Å². The second-order valence-corrected chi connectivity index (χ2v) is 15.6. The van der Waals surface area contributed by atoms with Crippen molar-refractivity contribution in [1.29, 1.82) is 0 Å². The van der Waals surface area contributed by atoms with Crippen LogP contribution in [0, 0.1) is 23.7 Å². The maximum absolute atomic E-state index is 2.77. The standard InChI is InChI=1S/C40H56/c1-27(2)23-39(24-28(3)4)19-20-40(25-29(5)6,26-30(7)8)38-22-36-33(17-18-34(36)21-37(38)39)16-15-32-14-13-31-11-9-10-12-35(31)32/h9-14,17-18,21-22,27-30,32-33H,15-16,19-20,23-26H2,1-8H3. The maximum Gasteiger partial charge on any atom is 0.00276 e. The third-order valence-electron chi connectivity index (χ3n) is 10.2. The number of hydrogen-bond acceptors (Lipinski definition) is 0. The summed E-state index contributed by atoms with van der Waals surface area (Å²) in [4.78, 5) is 0. The first-order valence-corrected chi connectivity index (χ1v) is 16.7. The molecule has 0 aromatic heterocycles. The SMILES string of the molecule is CC(C)CC1(CC(C)C)CCC(CC(C)C)(CC(C)C)c2cc3c(cc21)C=CC3CCC1C=Cc2ccccc21. The normalized spacial score (nSPS) is 22.0. The summed E-state index contributed by atoms with van der Waals surface area (Å²) in [6, 6.07) is 14.5. The highest BCUT2D eigenvalue weighted by Gasteiger charge is 2.48.